The zero-order valence-electron chi connectivity index (χ0n) is 18.2. The van der Waals surface area contributed by atoms with Gasteiger partial charge in [0, 0.05) is 11.8 Å². The lowest BCUT2D eigenvalue weighted by atomic mass is 10.1. The number of halogens is 1. The fourth-order valence-corrected chi connectivity index (χ4v) is 3.55. The summed E-state index contributed by atoms with van der Waals surface area (Å²) < 4.78 is 13.7. The van der Waals surface area contributed by atoms with E-state index in [-0.39, 0.29) is 18.2 Å². The van der Waals surface area contributed by atoms with Crippen molar-refractivity contribution in [2.45, 2.75) is 27.0 Å². The summed E-state index contributed by atoms with van der Waals surface area (Å²) in [6.45, 7) is 4.30. The van der Waals surface area contributed by atoms with Crippen molar-refractivity contribution >= 4 is 33.4 Å². The number of carbonyl (C=O) groups excluding carboxylic acids is 2. The van der Waals surface area contributed by atoms with Crippen LogP contribution in [0.5, 0.6) is 5.75 Å². The van der Waals surface area contributed by atoms with E-state index in [0.717, 1.165) is 5.56 Å². The second-order valence-corrected chi connectivity index (χ2v) is 8.45. The molecule has 0 atom stereocenters. The minimum atomic E-state index is -0.409. The standard InChI is InChI=1S/C25H22BrN3O4/c1-16-3-5-18(6-4-16)13-29-14-22(26)24(28-29)27-25(31)23-12-11-21(33-23)15-32-20-9-7-19(8-10-20)17(2)30/h3-12,14H,13,15H2,1-2H3,(H,27,28,31). The number of nitrogens with one attached hydrogen (secondary N) is 1. The zero-order valence-corrected chi connectivity index (χ0v) is 19.8. The first kappa shape index (κ1) is 22.5. The molecule has 1 N–H and O–H groups in total. The maximum Gasteiger partial charge on any atom is 0.292 e. The quantitative estimate of drug-likeness (QED) is 0.312. The number of ketones is 1. The summed E-state index contributed by atoms with van der Waals surface area (Å²) in [6, 6.07) is 18.3. The molecule has 0 spiro atoms. The normalized spacial score (nSPS) is 10.8. The van der Waals surface area contributed by atoms with Crippen LogP contribution in [0.4, 0.5) is 5.82 Å². The Labute approximate surface area is 199 Å². The molecule has 1 amide bonds. The number of anilines is 1. The van der Waals surface area contributed by atoms with Crippen molar-refractivity contribution in [3.63, 3.8) is 0 Å². The highest BCUT2D eigenvalue weighted by Crippen LogP contribution is 2.22. The van der Waals surface area contributed by atoms with Gasteiger partial charge < -0.3 is 14.5 Å². The predicted molar refractivity (Wildman–Crippen MR) is 128 cm³/mol. The fourth-order valence-electron chi connectivity index (χ4n) is 3.13. The van der Waals surface area contributed by atoms with Crippen LogP contribution in [0.25, 0.3) is 0 Å². The van der Waals surface area contributed by atoms with Crippen molar-refractivity contribution in [2.24, 2.45) is 0 Å². The van der Waals surface area contributed by atoms with Crippen LogP contribution >= 0.6 is 15.9 Å². The Morgan fingerprint density at radius 1 is 1.06 bits per heavy atom. The molecule has 8 heteroatoms. The van der Waals surface area contributed by atoms with Gasteiger partial charge in [0.05, 0.1) is 11.0 Å². The van der Waals surface area contributed by atoms with Gasteiger partial charge in [0.25, 0.3) is 5.91 Å². The third-order valence-electron chi connectivity index (χ3n) is 4.94. The first-order valence-electron chi connectivity index (χ1n) is 10.3. The van der Waals surface area contributed by atoms with Crippen LogP contribution in [-0.2, 0) is 13.2 Å². The van der Waals surface area contributed by atoms with E-state index in [1.165, 1.54) is 12.5 Å². The zero-order chi connectivity index (χ0) is 23.4. The van der Waals surface area contributed by atoms with Gasteiger partial charge in [-0.3, -0.25) is 14.3 Å². The van der Waals surface area contributed by atoms with Gasteiger partial charge in [-0.1, -0.05) is 29.8 Å². The fraction of sp³-hybridized carbons (Fsp3) is 0.160. The van der Waals surface area contributed by atoms with Crippen molar-refractivity contribution < 1.29 is 18.7 Å². The maximum absolute atomic E-state index is 12.6. The number of aromatic nitrogens is 2. The number of aryl methyl sites for hydroxylation is 1. The highest BCUT2D eigenvalue weighted by Gasteiger charge is 2.16. The second-order valence-electron chi connectivity index (χ2n) is 7.60. The highest BCUT2D eigenvalue weighted by atomic mass is 79.9. The summed E-state index contributed by atoms with van der Waals surface area (Å²) >= 11 is 3.44. The Balaban J connectivity index is 1.35. The van der Waals surface area contributed by atoms with Crippen molar-refractivity contribution in [1.29, 1.82) is 0 Å². The molecule has 0 unspecified atom stereocenters. The van der Waals surface area contributed by atoms with E-state index in [0.29, 0.717) is 33.9 Å². The first-order chi connectivity index (χ1) is 15.9. The highest BCUT2D eigenvalue weighted by molar-refractivity contribution is 9.10. The van der Waals surface area contributed by atoms with Crippen molar-refractivity contribution in [3.05, 3.63) is 99.5 Å². The van der Waals surface area contributed by atoms with Gasteiger partial charge in [0.1, 0.15) is 18.1 Å². The predicted octanol–water partition coefficient (Wildman–Crippen LogP) is 5.63. The third kappa shape index (κ3) is 5.78. The van der Waals surface area contributed by atoms with E-state index in [2.05, 4.69) is 38.5 Å². The van der Waals surface area contributed by atoms with Gasteiger partial charge in [-0.15, -0.1) is 0 Å². The van der Waals surface area contributed by atoms with Gasteiger partial charge in [-0.25, -0.2) is 0 Å². The van der Waals surface area contributed by atoms with Crippen LogP contribution in [0.15, 0.2) is 75.8 Å². The van der Waals surface area contributed by atoms with Crippen LogP contribution in [0.3, 0.4) is 0 Å². The van der Waals surface area contributed by atoms with E-state index in [1.807, 2.05) is 25.3 Å². The SMILES string of the molecule is CC(=O)c1ccc(OCc2ccc(C(=O)Nc3nn(Cc4ccc(C)cc4)cc3Br)o2)cc1. The third-order valence-corrected chi connectivity index (χ3v) is 5.52. The van der Waals surface area contributed by atoms with Gasteiger partial charge in [-0.05, 0) is 71.7 Å². The largest absolute Gasteiger partial charge is 0.486 e. The lowest BCUT2D eigenvalue weighted by molar-refractivity contribution is 0.0990. The Hall–Kier alpha value is -3.65. The summed E-state index contributed by atoms with van der Waals surface area (Å²) in [4.78, 5) is 24.0. The van der Waals surface area contributed by atoms with Crippen molar-refractivity contribution in [3.8, 4) is 5.75 Å². The van der Waals surface area contributed by atoms with Crippen LogP contribution < -0.4 is 10.1 Å². The van der Waals surface area contributed by atoms with Crippen LogP contribution in [-0.4, -0.2) is 21.5 Å². The van der Waals surface area contributed by atoms with Crippen molar-refractivity contribution in [2.75, 3.05) is 5.32 Å². The maximum atomic E-state index is 12.6. The summed E-state index contributed by atoms with van der Waals surface area (Å²) in [6.07, 6.45) is 1.81. The summed E-state index contributed by atoms with van der Waals surface area (Å²) in [5, 5.41) is 7.20. The number of hydrogen-bond donors (Lipinski definition) is 1. The lowest BCUT2D eigenvalue weighted by Gasteiger charge is -2.05. The minimum absolute atomic E-state index is 0.00476. The summed E-state index contributed by atoms with van der Waals surface area (Å²) in [5.41, 5.74) is 2.93. The van der Waals surface area contributed by atoms with E-state index >= 15 is 0 Å². The number of nitrogens with zero attached hydrogens (tertiary/aromatic N) is 2. The number of ether oxygens (including phenoxy) is 1. The van der Waals surface area contributed by atoms with E-state index < -0.39 is 5.91 Å². The van der Waals surface area contributed by atoms with Crippen molar-refractivity contribution in [1.82, 2.24) is 9.78 Å². The number of carbonyl (C=O) groups is 2. The molecule has 0 aliphatic carbocycles. The molecule has 4 aromatic rings. The monoisotopic (exact) mass is 507 g/mol. The number of Topliss-reactive ketones (excluding diaryl/α,β-unsaturated/α-hetero) is 1. The Bertz CT molecular complexity index is 1270. The molecular formula is C25H22BrN3O4. The molecule has 0 aliphatic rings. The van der Waals surface area contributed by atoms with E-state index in [9.17, 15) is 9.59 Å². The molecule has 0 radical (unpaired) electrons. The first-order valence-corrected chi connectivity index (χ1v) is 11.1. The molecule has 0 saturated carbocycles. The van der Waals surface area contributed by atoms with E-state index in [4.69, 9.17) is 9.15 Å². The molecule has 7 nitrogen and oxygen atoms in total. The van der Waals surface area contributed by atoms with Gasteiger partial charge in [0.2, 0.25) is 0 Å². The Kier molecular flexibility index (Phi) is 6.74. The average Bonchev–Trinajstić information content (AvgIpc) is 3.41. The molecule has 0 fully saturated rings. The van der Waals surface area contributed by atoms with Crippen LogP contribution in [0.2, 0.25) is 0 Å². The number of rotatable bonds is 8. The van der Waals surface area contributed by atoms with E-state index in [1.54, 1.807) is 41.1 Å². The molecule has 4 rings (SSSR count). The lowest BCUT2D eigenvalue weighted by Crippen LogP contribution is -2.12. The molecule has 2 aromatic heterocycles. The number of amides is 1. The molecule has 2 heterocycles. The molecule has 168 valence electrons. The van der Waals surface area contributed by atoms with Gasteiger partial charge in [-0.2, -0.15) is 5.10 Å². The topological polar surface area (TPSA) is 86.4 Å². The molecule has 33 heavy (non-hydrogen) atoms. The van der Waals surface area contributed by atoms with Gasteiger partial charge >= 0.3 is 0 Å². The van der Waals surface area contributed by atoms with Crippen LogP contribution in [0.1, 0.15) is 44.7 Å². The number of hydrogen-bond acceptors (Lipinski definition) is 5. The summed E-state index contributed by atoms with van der Waals surface area (Å²) in [5.74, 6) is 1.25. The second kappa shape index (κ2) is 9.87. The summed E-state index contributed by atoms with van der Waals surface area (Å²) in [7, 11) is 0. The smallest absolute Gasteiger partial charge is 0.292 e. The van der Waals surface area contributed by atoms with Crippen LogP contribution in [0, 0.1) is 6.92 Å². The average molecular weight is 508 g/mol. The molecule has 0 aliphatic heterocycles. The Morgan fingerprint density at radius 2 is 1.79 bits per heavy atom. The number of benzene rings is 2. The Morgan fingerprint density at radius 3 is 2.48 bits per heavy atom. The molecule has 0 saturated heterocycles. The van der Waals surface area contributed by atoms with Gasteiger partial charge in [0.15, 0.2) is 17.4 Å². The molecule has 2 aromatic carbocycles. The minimum Gasteiger partial charge on any atom is -0.486 e. The molecule has 0 bridgehead atoms. The molecular weight excluding hydrogens is 486 g/mol. The number of furan rings is 1.